The van der Waals surface area contributed by atoms with Crippen molar-refractivity contribution >= 4 is 29.9 Å². The molecule has 1 saturated carbocycles. The van der Waals surface area contributed by atoms with Gasteiger partial charge in [0.1, 0.15) is 0 Å². The Morgan fingerprint density at radius 3 is 2.73 bits per heavy atom. The summed E-state index contributed by atoms with van der Waals surface area (Å²) in [6.45, 7) is 6.89. The average molecular weight is 477 g/mol. The first-order chi connectivity index (χ1) is 12.0. The molecule has 0 amide bonds. The third kappa shape index (κ3) is 7.06. The number of hydrogen-bond donors (Lipinski definition) is 1. The largest absolute Gasteiger partial charge is 0.378 e. The Balaban J connectivity index is 0.00000338. The summed E-state index contributed by atoms with van der Waals surface area (Å²) >= 11 is 0. The molecule has 0 bridgehead atoms. The van der Waals surface area contributed by atoms with Gasteiger partial charge in [-0.1, -0.05) is 26.7 Å². The van der Waals surface area contributed by atoms with Gasteiger partial charge in [-0.25, -0.2) is 0 Å². The molecule has 1 aliphatic carbocycles. The first-order valence-electron chi connectivity index (χ1n) is 9.57. The summed E-state index contributed by atoms with van der Waals surface area (Å²) in [7, 11) is 5.88. The molecule has 1 fully saturated rings. The zero-order chi connectivity index (χ0) is 18.2. The van der Waals surface area contributed by atoms with Gasteiger partial charge in [-0.05, 0) is 25.2 Å². The summed E-state index contributed by atoms with van der Waals surface area (Å²) in [6, 6.07) is 0. The molecule has 0 aromatic carbocycles. The van der Waals surface area contributed by atoms with Crippen LogP contribution in [0.1, 0.15) is 63.1 Å². The van der Waals surface area contributed by atoms with Crippen LogP contribution in [-0.2, 0) is 18.3 Å². The van der Waals surface area contributed by atoms with Gasteiger partial charge < -0.3 is 15.0 Å². The Morgan fingerprint density at radius 1 is 1.42 bits per heavy atom. The molecule has 0 radical (unpaired) electrons. The number of halogens is 1. The summed E-state index contributed by atoms with van der Waals surface area (Å²) in [5, 5.41) is 8.02. The fourth-order valence-corrected chi connectivity index (χ4v) is 3.46. The van der Waals surface area contributed by atoms with Crippen molar-refractivity contribution in [2.75, 3.05) is 27.2 Å². The summed E-state index contributed by atoms with van der Waals surface area (Å²) in [4.78, 5) is 6.56. The van der Waals surface area contributed by atoms with Gasteiger partial charge >= 0.3 is 0 Å². The van der Waals surface area contributed by atoms with E-state index < -0.39 is 0 Å². The van der Waals surface area contributed by atoms with Crippen molar-refractivity contribution in [1.82, 2.24) is 20.0 Å². The van der Waals surface area contributed by atoms with E-state index >= 15 is 0 Å². The summed E-state index contributed by atoms with van der Waals surface area (Å²) < 4.78 is 7.81. The molecular formula is C19H36IN5O. The number of aromatic nitrogens is 2. The van der Waals surface area contributed by atoms with Crippen molar-refractivity contribution in [2.24, 2.45) is 12.0 Å². The van der Waals surface area contributed by atoms with E-state index in [2.05, 4.69) is 47.4 Å². The van der Waals surface area contributed by atoms with Crippen molar-refractivity contribution in [3.05, 3.63) is 17.5 Å². The monoisotopic (exact) mass is 477 g/mol. The van der Waals surface area contributed by atoms with Crippen molar-refractivity contribution < 1.29 is 4.74 Å². The number of guanidine groups is 1. The lowest BCUT2D eigenvalue weighted by Gasteiger charge is -2.22. The smallest absolute Gasteiger partial charge is 0.193 e. The van der Waals surface area contributed by atoms with Crippen LogP contribution in [0.3, 0.4) is 0 Å². The fourth-order valence-electron chi connectivity index (χ4n) is 3.46. The lowest BCUT2D eigenvalue weighted by molar-refractivity contribution is 0.0573. The standard InChI is InChI=1S/C19H35N5O.HI/c1-15(2)18-16(14-24(5)22-18)13-23(4)19(20-3)21-11-8-12-25-17-9-6-7-10-17;/h14-15,17H,6-13H2,1-5H3,(H,20,21);1H. The van der Waals surface area contributed by atoms with Gasteiger partial charge in [-0.2, -0.15) is 5.10 Å². The van der Waals surface area contributed by atoms with Crippen LogP contribution in [0.5, 0.6) is 0 Å². The fraction of sp³-hybridized carbons (Fsp3) is 0.789. The maximum Gasteiger partial charge on any atom is 0.193 e. The third-order valence-corrected chi connectivity index (χ3v) is 4.72. The van der Waals surface area contributed by atoms with E-state index in [1.807, 2.05) is 18.8 Å². The van der Waals surface area contributed by atoms with E-state index in [0.29, 0.717) is 12.0 Å². The summed E-state index contributed by atoms with van der Waals surface area (Å²) in [6.07, 6.45) is 8.74. The predicted octanol–water partition coefficient (Wildman–Crippen LogP) is 3.52. The molecule has 7 heteroatoms. The number of aryl methyl sites for hydroxylation is 1. The molecule has 0 atom stereocenters. The van der Waals surface area contributed by atoms with Crippen LogP contribution in [-0.4, -0.2) is 54.0 Å². The Morgan fingerprint density at radius 2 is 2.12 bits per heavy atom. The predicted molar refractivity (Wildman–Crippen MR) is 118 cm³/mol. The van der Waals surface area contributed by atoms with Crippen LogP contribution in [0.2, 0.25) is 0 Å². The second kappa shape index (κ2) is 11.8. The molecule has 1 heterocycles. The normalized spacial score (nSPS) is 15.4. The topological polar surface area (TPSA) is 54.7 Å². The van der Waals surface area contributed by atoms with E-state index in [4.69, 9.17) is 4.74 Å². The second-order valence-electron chi connectivity index (χ2n) is 7.33. The average Bonchev–Trinajstić information content (AvgIpc) is 3.20. The lowest BCUT2D eigenvalue weighted by Crippen LogP contribution is -2.39. The first-order valence-corrected chi connectivity index (χ1v) is 9.57. The molecule has 1 aromatic heterocycles. The molecule has 2 rings (SSSR count). The Labute approximate surface area is 175 Å². The maximum atomic E-state index is 5.91. The van der Waals surface area contributed by atoms with Crippen LogP contribution < -0.4 is 5.32 Å². The maximum absolute atomic E-state index is 5.91. The highest BCUT2D eigenvalue weighted by molar-refractivity contribution is 14.0. The van der Waals surface area contributed by atoms with Crippen LogP contribution >= 0.6 is 24.0 Å². The summed E-state index contributed by atoms with van der Waals surface area (Å²) in [5.41, 5.74) is 2.42. The van der Waals surface area contributed by atoms with Gasteiger partial charge in [-0.3, -0.25) is 9.67 Å². The van der Waals surface area contributed by atoms with Crippen molar-refractivity contribution in [3.8, 4) is 0 Å². The highest BCUT2D eigenvalue weighted by Gasteiger charge is 2.16. The van der Waals surface area contributed by atoms with Gasteiger partial charge in [0.2, 0.25) is 0 Å². The van der Waals surface area contributed by atoms with Crippen molar-refractivity contribution in [1.29, 1.82) is 0 Å². The Kier molecular flexibility index (Phi) is 10.5. The van der Waals surface area contributed by atoms with E-state index in [1.165, 1.54) is 31.2 Å². The number of aliphatic imine (C=N–C) groups is 1. The molecule has 1 N–H and O–H groups in total. The molecule has 150 valence electrons. The quantitative estimate of drug-likeness (QED) is 0.270. The number of nitrogens with one attached hydrogen (secondary N) is 1. The molecule has 0 saturated heterocycles. The van der Waals surface area contributed by atoms with E-state index in [1.54, 1.807) is 0 Å². The number of hydrogen-bond acceptors (Lipinski definition) is 3. The number of nitrogens with zero attached hydrogens (tertiary/aromatic N) is 4. The van der Waals surface area contributed by atoms with Crippen LogP contribution in [0.4, 0.5) is 0 Å². The minimum Gasteiger partial charge on any atom is -0.378 e. The molecule has 6 nitrogen and oxygen atoms in total. The molecule has 1 aliphatic rings. The Hall–Kier alpha value is -0.830. The highest BCUT2D eigenvalue weighted by atomic mass is 127. The molecule has 0 spiro atoms. The highest BCUT2D eigenvalue weighted by Crippen LogP contribution is 2.21. The van der Waals surface area contributed by atoms with Gasteiger partial charge in [0, 0.05) is 52.6 Å². The second-order valence-corrected chi connectivity index (χ2v) is 7.33. The van der Waals surface area contributed by atoms with Crippen LogP contribution in [0.25, 0.3) is 0 Å². The molecule has 0 unspecified atom stereocenters. The number of ether oxygens (including phenoxy) is 1. The van der Waals surface area contributed by atoms with Crippen LogP contribution in [0.15, 0.2) is 11.2 Å². The third-order valence-electron chi connectivity index (χ3n) is 4.72. The molecular weight excluding hydrogens is 441 g/mol. The SMILES string of the molecule is CN=C(NCCCOC1CCCC1)N(C)Cc1cn(C)nc1C(C)C.I. The van der Waals surface area contributed by atoms with E-state index in [-0.39, 0.29) is 24.0 Å². The minimum absolute atomic E-state index is 0. The van der Waals surface area contributed by atoms with Gasteiger partial charge in [-0.15, -0.1) is 24.0 Å². The first kappa shape index (κ1) is 23.2. The van der Waals surface area contributed by atoms with Gasteiger partial charge in [0.25, 0.3) is 0 Å². The van der Waals surface area contributed by atoms with Gasteiger partial charge in [0.05, 0.1) is 11.8 Å². The van der Waals surface area contributed by atoms with E-state index in [9.17, 15) is 0 Å². The lowest BCUT2D eigenvalue weighted by atomic mass is 10.1. The number of rotatable bonds is 8. The van der Waals surface area contributed by atoms with Crippen molar-refractivity contribution in [2.45, 2.75) is 64.5 Å². The Bertz CT molecular complexity index is 552. The molecule has 1 aromatic rings. The zero-order valence-corrected chi connectivity index (χ0v) is 19.3. The zero-order valence-electron chi connectivity index (χ0n) is 17.0. The summed E-state index contributed by atoms with van der Waals surface area (Å²) in [5.74, 6) is 1.34. The molecule has 0 aliphatic heterocycles. The molecule has 26 heavy (non-hydrogen) atoms. The van der Waals surface area contributed by atoms with Crippen molar-refractivity contribution in [3.63, 3.8) is 0 Å². The van der Waals surface area contributed by atoms with Crippen LogP contribution in [0, 0.1) is 0 Å². The van der Waals surface area contributed by atoms with E-state index in [0.717, 1.165) is 37.8 Å². The minimum atomic E-state index is 0. The van der Waals surface area contributed by atoms with Gasteiger partial charge in [0.15, 0.2) is 5.96 Å².